The standard InChI is InChI=1S/C34H37N3O4/c1-4-30(36-19-17-35(18-20-36)24-28-15-16-31-32(23-28)40-22-21-39-31)33(41-25-27-11-7-5-8-12-27)34(38)37(26(2)3)29-13-9-6-10-14-29/h4-16,23H,1-2,17-22,24-25H2,3H3/b33-30-. The van der Waals surface area contributed by atoms with Crippen LogP contribution in [0.25, 0.3) is 0 Å². The molecule has 5 rings (SSSR count). The van der Waals surface area contributed by atoms with Gasteiger partial charge in [0.25, 0.3) is 5.91 Å². The summed E-state index contributed by atoms with van der Waals surface area (Å²) in [5.74, 6) is 1.60. The molecule has 0 spiro atoms. The van der Waals surface area contributed by atoms with E-state index in [1.807, 2.05) is 73.7 Å². The van der Waals surface area contributed by atoms with Crippen molar-refractivity contribution >= 4 is 11.6 Å². The van der Waals surface area contributed by atoms with E-state index in [4.69, 9.17) is 14.2 Å². The number of rotatable bonds is 10. The summed E-state index contributed by atoms with van der Waals surface area (Å²) in [6, 6.07) is 25.5. The summed E-state index contributed by atoms with van der Waals surface area (Å²) in [5, 5.41) is 0. The highest BCUT2D eigenvalue weighted by molar-refractivity contribution is 6.06. The number of nitrogens with zero attached hydrogens (tertiary/aromatic N) is 3. The second-order valence-corrected chi connectivity index (χ2v) is 10.1. The van der Waals surface area contributed by atoms with Gasteiger partial charge in [-0.2, -0.15) is 0 Å². The second-order valence-electron chi connectivity index (χ2n) is 10.1. The molecule has 2 aliphatic heterocycles. The van der Waals surface area contributed by atoms with Gasteiger partial charge < -0.3 is 19.1 Å². The van der Waals surface area contributed by atoms with E-state index in [1.165, 1.54) is 5.56 Å². The summed E-state index contributed by atoms with van der Waals surface area (Å²) in [6.45, 7) is 15.4. The van der Waals surface area contributed by atoms with Crippen molar-refractivity contribution in [1.82, 2.24) is 9.80 Å². The Balaban J connectivity index is 1.36. The van der Waals surface area contributed by atoms with Crippen LogP contribution in [0.5, 0.6) is 11.5 Å². The fraction of sp³-hybridized carbons (Fsp3) is 0.265. The fourth-order valence-corrected chi connectivity index (χ4v) is 5.12. The van der Waals surface area contributed by atoms with E-state index in [0.717, 1.165) is 55.5 Å². The summed E-state index contributed by atoms with van der Waals surface area (Å²) >= 11 is 0. The highest BCUT2D eigenvalue weighted by Gasteiger charge is 2.29. The predicted octanol–water partition coefficient (Wildman–Crippen LogP) is 5.76. The molecule has 0 unspecified atom stereocenters. The first-order valence-electron chi connectivity index (χ1n) is 14.0. The number of hydrogen-bond acceptors (Lipinski definition) is 6. The Morgan fingerprint density at radius 2 is 1.56 bits per heavy atom. The third kappa shape index (κ3) is 6.81. The van der Waals surface area contributed by atoms with Crippen molar-refractivity contribution in [2.45, 2.75) is 20.1 Å². The number of carbonyl (C=O) groups is 1. The molecule has 1 fully saturated rings. The number of anilines is 1. The van der Waals surface area contributed by atoms with Crippen LogP contribution in [0.15, 0.2) is 115 Å². The number of allylic oxidation sites excluding steroid dienone is 2. The first-order valence-corrected chi connectivity index (χ1v) is 14.0. The third-order valence-corrected chi connectivity index (χ3v) is 7.17. The van der Waals surface area contributed by atoms with E-state index in [0.29, 0.717) is 24.6 Å². The van der Waals surface area contributed by atoms with Gasteiger partial charge >= 0.3 is 0 Å². The van der Waals surface area contributed by atoms with Crippen molar-refractivity contribution in [3.8, 4) is 11.5 Å². The van der Waals surface area contributed by atoms with Gasteiger partial charge in [-0.05, 0) is 48.4 Å². The Bertz CT molecular complexity index is 1400. The fourth-order valence-electron chi connectivity index (χ4n) is 5.12. The first kappa shape index (κ1) is 28.1. The Labute approximate surface area is 242 Å². The van der Waals surface area contributed by atoms with Gasteiger partial charge in [0.2, 0.25) is 5.76 Å². The number of carbonyl (C=O) groups excluding carboxylic acids is 1. The smallest absolute Gasteiger partial charge is 0.299 e. The number of piperazine rings is 1. The molecule has 0 aromatic heterocycles. The summed E-state index contributed by atoms with van der Waals surface area (Å²) < 4.78 is 17.7. The Hall–Kier alpha value is -4.49. The van der Waals surface area contributed by atoms with Crippen molar-refractivity contribution in [3.05, 3.63) is 126 Å². The third-order valence-electron chi connectivity index (χ3n) is 7.17. The SMILES string of the molecule is C=C/C(=C(/OCc1ccccc1)C(=O)N(C(=C)C)c1ccccc1)N1CCN(Cc2ccc3c(c2)OCCO3)CC1. The molecule has 0 bridgehead atoms. The lowest BCUT2D eigenvalue weighted by Gasteiger charge is -2.37. The molecule has 7 heteroatoms. The van der Waals surface area contributed by atoms with Crippen molar-refractivity contribution < 1.29 is 19.0 Å². The van der Waals surface area contributed by atoms with Crippen LogP contribution in [0, 0.1) is 0 Å². The lowest BCUT2D eigenvalue weighted by molar-refractivity contribution is -0.118. The molecule has 212 valence electrons. The molecular formula is C34H37N3O4. The average molecular weight is 552 g/mol. The molecule has 3 aromatic carbocycles. The van der Waals surface area contributed by atoms with Crippen LogP contribution in [0.1, 0.15) is 18.1 Å². The number of fused-ring (bicyclic) bond motifs is 1. The summed E-state index contributed by atoms with van der Waals surface area (Å²) in [7, 11) is 0. The monoisotopic (exact) mass is 551 g/mol. The first-order chi connectivity index (χ1) is 20.0. The van der Waals surface area contributed by atoms with Gasteiger partial charge in [-0.1, -0.05) is 67.8 Å². The Morgan fingerprint density at radius 1 is 0.902 bits per heavy atom. The van der Waals surface area contributed by atoms with Gasteiger partial charge in [-0.25, -0.2) is 0 Å². The van der Waals surface area contributed by atoms with Crippen LogP contribution in [0.4, 0.5) is 5.69 Å². The van der Waals surface area contributed by atoms with Crippen LogP contribution >= 0.6 is 0 Å². The van der Waals surface area contributed by atoms with Crippen LogP contribution in [0.3, 0.4) is 0 Å². The van der Waals surface area contributed by atoms with Gasteiger partial charge in [0.05, 0.1) is 5.70 Å². The van der Waals surface area contributed by atoms with Gasteiger partial charge in [0.15, 0.2) is 11.5 Å². The van der Waals surface area contributed by atoms with Gasteiger partial charge in [-0.3, -0.25) is 14.6 Å². The highest BCUT2D eigenvalue weighted by atomic mass is 16.6. The minimum atomic E-state index is -0.270. The van der Waals surface area contributed by atoms with E-state index in [1.54, 1.807) is 11.0 Å². The normalized spacial score (nSPS) is 15.5. The van der Waals surface area contributed by atoms with Crippen molar-refractivity contribution in [3.63, 3.8) is 0 Å². The molecule has 7 nitrogen and oxygen atoms in total. The summed E-state index contributed by atoms with van der Waals surface area (Å²) in [4.78, 5) is 20.3. The molecule has 2 heterocycles. The van der Waals surface area contributed by atoms with Crippen LogP contribution in [-0.2, 0) is 22.7 Å². The predicted molar refractivity (Wildman–Crippen MR) is 161 cm³/mol. The molecular weight excluding hydrogens is 514 g/mol. The molecule has 0 N–H and O–H groups in total. The van der Waals surface area contributed by atoms with E-state index >= 15 is 0 Å². The maximum absolute atomic E-state index is 14.1. The van der Waals surface area contributed by atoms with Crippen LogP contribution < -0.4 is 14.4 Å². The van der Waals surface area contributed by atoms with E-state index in [-0.39, 0.29) is 18.3 Å². The number of para-hydroxylation sites is 1. The number of amides is 1. The largest absolute Gasteiger partial charge is 0.486 e. The molecule has 0 saturated carbocycles. The molecule has 0 radical (unpaired) electrons. The summed E-state index contributed by atoms with van der Waals surface area (Å²) in [5.41, 5.74) is 4.19. The number of ether oxygens (including phenoxy) is 3. The zero-order chi connectivity index (χ0) is 28.6. The minimum absolute atomic E-state index is 0.260. The van der Waals surface area contributed by atoms with Gasteiger partial charge in [-0.15, -0.1) is 0 Å². The second kappa shape index (κ2) is 13.2. The lowest BCUT2D eigenvalue weighted by atomic mass is 10.1. The van der Waals surface area contributed by atoms with Crippen molar-refractivity contribution in [1.29, 1.82) is 0 Å². The Kier molecular flexibility index (Phi) is 9.06. The van der Waals surface area contributed by atoms with Crippen LogP contribution in [0.2, 0.25) is 0 Å². The highest BCUT2D eigenvalue weighted by Crippen LogP contribution is 2.31. The molecule has 3 aromatic rings. The maximum atomic E-state index is 14.1. The van der Waals surface area contributed by atoms with E-state index in [2.05, 4.69) is 35.1 Å². The van der Waals surface area contributed by atoms with Crippen molar-refractivity contribution in [2.24, 2.45) is 0 Å². The number of benzene rings is 3. The number of hydrogen-bond donors (Lipinski definition) is 0. The molecule has 2 aliphatic rings. The minimum Gasteiger partial charge on any atom is -0.486 e. The summed E-state index contributed by atoms with van der Waals surface area (Å²) in [6.07, 6.45) is 1.73. The van der Waals surface area contributed by atoms with Gasteiger partial charge in [0, 0.05) is 44.1 Å². The van der Waals surface area contributed by atoms with E-state index in [9.17, 15) is 4.79 Å². The lowest BCUT2D eigenvalue weighted by Crippen LogP contribution is -2.46. The molecule has 0 aliphatic carbocycles. The topological polar surface area (TPSA) is 54.5 Å². The maximum Gasteiger partial charge on any atom is 0.299 e. The average Bonchev–Trinajstić information content (AvgIpc) is 3.00. The molecule has 1 amide bonds. The van der Waals surface area contributed by atoms with Crippen molar-refractivity contribution in [2.75, 3.05) is 44.3 Å². The van der Waals surface area contributed by atoms with E-state index < -0.39 is 0 Å². The zero-order valence-corrected chi connectivity index (χ0v) is 23.6. The Morgan fingerprint density at radius 3 is 2.22 bits per heavy atom. The zero-order valence-electron chi connectivity index (χ0n) is 23.6. The quantitative estimate of drug-likeness (QED) is 0.182. The molecule has 41 heavy (non-hydrogen) atoms. The molecule has 1 saturated heterocycles. The molecule has 0 atom stereocenters. The van der Waals surface area contributed by atoms with Crippen LogP contribution in [-0.4, -0.2) is 55.1 Å². The van der Waals surface area contributed by atoms with Gasteiger partial charge in [0.1, 0.15) is 19.8 Å².